The second-order valence-corrected chi connectivity index (χ2v) is 9.01. The molecule has 1 fully saturated rings. The van der Waals surface area contributed by atoms with E-state index in [2.05, 4.69) is 30.4 Å². The molecular formula is C27H32N2O4. The minimum atomic E-state index is -0.916. The van der Waals surface area contributed by atoms with Crippen molar-refractivity contribution in [1.82, 2.24) is 4.90 Å². The Morgan fingerprint density at radius 2 is 1.82 bits per heavy atom. The minimum Gasteiger partial charge on any atom is -0.481 e. The maximum atomic E-state index is 12.5. The summed E-state index contributed by atoms with van der Waals surface area (Å²) < 4.78 is 6.37. The van der Waals surface area contributed by atoms with E-state index in [-0.39, 0.29) is 18.9 Å². The highest BCUT2D eigenvalue weighted by Gasteiger charge is 2.21. The molecule has 0 bridgehead atoms. The Bertz CT molecular complexity index is 1130. The third-order valence-electron chi connectivity index (χ3n) is 6.73. The van der Waals surface area contributed by atoms with Crippen LogP contribution in [-0.2, 0) is 11.3 Å². The zero-order valence-electron chi connectivity index (χ0n) is 19.4. The van der Waals surface area contributed by atoms with Crippen molar-refractivity contribution in [3.63, 3.8) is 0 Å². The maximum absolute atomic E-state index is 12.5. The number of nitrogens with one attached hydrogen (secondary N) is 1. The van der Waals surface area contributed by atoms with Gasteiger partial charge in [-0.15, -0.1) is 0 Å². The number of carbonyl (C=O) groups is 2. The van der Waals surface area contributed by atoms with Crippen LogP contribution in [0.15, 0.2) is 46.9 Å². The SMILES string of the molecule is Cc1c(CNc2ccc(C(=O)N(C)CCC(=O)O)cc2)oc2c(C3CCCCC3)cccc12. The van der Waals surface area contributed by atoms with E-state index in [1.54, 1.807) is 19.2 Å². The number of fused-ring (bicyclic) bond motifs is 1. The first kappa shape index (κ1) is 22.9. The molecule has 6 heteroatoms. The number of anilines is 1. The lowest BCUT2D eigenvalue weighted by Crippen LogP contribution is -2.28. The predicted molar refractivity (Wildman–Crippen MR) is 130 cm³/mol. The molecule has 0 saturated heterocycles. The first-order chi connectivity index (χ1) is 15.9. The largest absolute Gasteiger partial charge is 0.481 e. The number of rotatable bonds is 8. The topological polar surface area (TPSA) is 82.8 Å². The average molecular weight is 449 g/mol. The van der Waals surface area contributed by atoms with Crippen LogP contribution in [0.3, 0.4) is 0 Å². The summed E-state index contributed by atoms with van der Waals surface area (Å²) in [6, 6.07) is 13.8. The number of para-hydroxylation sites is 1. The molecule has 6 nitrogen and oxygen atoms in total. The molecule has 2 aromatic carbocycles. The fraction of sp³-hybridized carbons (Fsp3) is 0.407. The van der Waals surface area contributed by atoms with E-state index >= 15 is 0 Å². The number of furan rings is 1. The van der Waals surface area contributed by atoms with E-state index in [1.807, 2.05) is 12.1 Å². The molecular weight excluding hydrogens is 416 g/mol. The summed E-state index contributed by atoms with van der Waals surface area (Å²) in [5.41, 5.74) is 4.97. The number of aryl methyl sites for hydroxylation is 1. The van der Waals surface area contributed by atoms with Gasteiger partial charge >= 0.3 is 5.97 Å². The molecule has 0 aliphatic heterocycles. The van der Waals surface area contributed by atoms with Crippen molar-refractivity contribution >= 4 is 28.5 Å². The van der Waals surface area contributed by atoms with Crippen LogP contribution in [-0.4, -0.2) is 35.5 Å². The molecule has 1 amide bonds. The van der Waals surface area contributed by atoms with Crippen molar-refractivity contribution in [2.75, 3.05) is 18.9 Å². The standard InChI is InChI=1S/C27H32N2O4/c1-18-22-9-6-10-23(19-7-4-3-5-8-19)26(22)33-24(18)17-28-21-13-11-20(12-14-21)27(32)29(2)16-15-25(30)31/h6,9-14,19,28H,3-5,7-8,15-17H2,1-2H3,(H,30,31). The summed E-state index contributed by atoms with van der Waals surface area (Å²) in [6.07, 6.45) is 6.33. The molecule has 0 atom stereocenters. The van der Waals surface area contributed by atoms with Gasteiger partial charge in [0.05, 0.1) is 13.0 Å². The summed E-state index contributed by atoms with van der Waals surface area (Å²) in [4.78, 5) is 24.6. The Labute approximate surface area is 194 Å². The second kappa shape index (κ2) is 10.1. The Kier molecular flexibility index (Phi) is 7.02. The Morgan fingerprint density at radius 1 is 1.09 bits per heavy atom. The van der Waals surface area contributed by atoms with E-state index in [9.17, 15) is 9.59 Å². The summed E-state index contributed by atoms with van der Waals surface area (Å²) in [5.74, 6) is 0.418. The molecule has 1 aliphatic carbocycles. The smallest absolute Gasteiger partial charge is 0.305 e. The monoisotopic (exact) mass is 448 g/mol. The van der Waals surface area contributed by atoms with Crippen LogP contribution in [0.25, 0.3) is 11.0 Å². The molecule has 174 valence electrons. The number of benzene rings is 2. The fourth-order valence-electron chi connectivity index (χ4n) is 4.72. The lowest BCUT2D eigenvalue weighted by atomic mass is 9.83. The van der Waals surface area contributed by atoms with Gasteiger partial charge < -0.3 is 19.7 Å². The third-order valence-corrected chi connectivity index (χ3v) is 6.73. The molecule has 4 rings (SSSR count). The van der Waals surface area contributed by atoms with Crippen LogP contribution in [0, 0.1) is 6.92 Å². The van der Waals surface area contributed by atoms with Crippen LogP contribution in [0.4, 0.5) is 5.69 Å². The first-order valence-electron chi connectivity index (χ1n) is 11.8. The molecule has 2 N–H and O–H groups in total. The molecule has 0 unspecified atom stereocenters. The van der Waals surface area contributed by atoms with Crippen LogP contribution in [0.2, 0.25) is 0 Å². The fourth-order valence-corrected chi connectivity index (χ4v) is 4.72. The quantitative estimate of drug-likeness (QED) is 0.445. The molecule has 3 aromatic rings. The zero-order valence-corrected chi connectivity index (χ0v) is 19.4. The molecule has 0 spiro atoms. The predicted octanol–water partition coefficient (Wildman–Crippen LogP) is 5.95. The van der Waals surface area contributed by atoms with Gasteiger partial charge in [-0.25, -0.2) is 0 Å². The highest BCUT2D eigenvalue weighted by atomic mass is 16.4. The number of nitrogens with zero attached hydrogens (tertiary/aromatic N) is 1. The minimum absolute atomic E-state index is 0.0683. The van der Waals surface area contributed by atoms with Crippen molar-refractivity contribution < 1.29 is 19.1 Å². The number of amides is 1. The van der Waals surface area contributed by atoms with Gasteiger partial charge in [-0.2, -0.15) is 0 Å². The van der Waals surface area contributed by atoms with Crippen molar-refractivity contribution in [2.45, 2.75) is 57.9 Å². The lowest BCUT2D eigenvalue weighted by Gasteiger charge is -2.21. The number of aliphatic carboxylic acids is 1. The third kappa shape index (κ3) is 5.21. The van der Waals surface area contributed by atoms with Crippen molar-refractivity contribution in [2.24, 2.45) is 0 Å². The Balaban J connectivity index is 1.43. The van der Waals surface area contributed by atoms with Gasteiger partial charge in [-0.1, -0.05) is 37.5 Å². The molecule has 33 heavy (non-hydrogen) atoms. The lowest BCUT2D eigenvalue weighted by molar-refractivity contribution is -0.137. The number of hydrogen-bond acceptors (Lipinski definition) is 4. The number of carboxylic acid groups (broad SMARTS) is 1. The van der Waals surface area contributed by atoms with Gasteiger partial charge in [0, 0.05) is 35.8 Å². The summed E-state index contributed by atoms with van der Waals surface area (Å²) in [6.45, 7) is 2.86. The van der Waals surface area contributed by atoms with Crippen LogP contribution in [0.5, 0.6) is 0 Å². The van der Waals surface area contributed by atoms with Crippen molar-refractivity contribution in [3.8, 4) is 0 Å². The van der Waals surface area contributed by atoms with Crippen LogP contribution in [0.1, 0.15) is 71.7 Å². The van der Waals surface area contributed by atoms with Gasteiger partial charge in [-0.05, 0) is 55.5 Å². The van der Waals surface area contributed by atoms with Gasteiger partial charge in [0.1, 0.15) is 11.3 Å². The first-order valence-corrected chi connectivity index (χ1v) is 11.8. The van der Waals surface area contributed by atoms with Crippen molar-refractivity contribution in [1.29, 1.82) is 0 Å². The van der Waals surface area contributed by atoms with Gasteiger partial charge in [0.15, 0.2) is 0 Å². The normalized spacial score (nSPS) is 14.4. The number of carboxylic acids is 1. The van der Waals surface area contributed by atoms with E-state index < -0.39 is 5.97 Å². The zero-order chi connectivity index (χ0) is 23.4. The van der Waals surface area contributed by atoms with Crippen LogP contribution >= 0.6 is 0 Å². The molecule has 0 radical (unpaired) electrons. The van der Waals surface area contributed by atoms with E-state index in [1.165, 1.54) is 53.5 Å². The maximum Gasteiger partial charge on any atom is 0.305 e. The van der Waals surface area contributed by atoms with Gasteiger partial charge in [0.25, 0.3) is 5.91 Å². The van der Waals surface area contributed by atoms with Gasteiger partial charge in [0.2, 0.25) is 0 Å². The van der Waals surface area contributed by atoms with Crippen LogP contribution < -0.4 is 5.32 Å². The van der Waals surface area contributed by atoms with Gasteiger partial charge in [-0.3, -0.25) is 9.59 Å². The molecule has 1 heterocycles. The summed E-state index contributed by atoms with van der Waals surface area (Å²) in [5, 5.41) is 13.4. The molecule has 1 saturated carbocycles. The Morgan fingerprint density at radius 3 is 2.52 bits per heavy atom. The van der Waals surface area contributed by atoms with Crippen molar-refractivity contribution in [3.05, 3.63) is 64.9 Å². The van der Waals surface area contributed by atoms with E-state index in [0.717, 1.165) is 17.0 Å². The summed E-state index contributed by atoms with van der Waals surface area (Å²) in [7, 11) is 1.61. The summed E-state index contributed by atoms with van der Waals surface area (Å²) >= 11 is 0. The average Bonchev–Trinajstić information content (AvgIpc) is 3.17. The number of hydrogen-bond donors (Lipinski definition) is 2. The number of carbonyl (C=O) groups excluding carboxylic acids is 1. The molecule has 1 aromatic heterocycles. The van der Waals surface area contributed by atoms with E-state index in [0.29, 0.717) is 18.0 Å². The Hall–Kier alpha value is -3.28. The molecule has 1 aliphatic rings. The highest BCUT2D eigenvalue weighted by molar-refractivity contribution is 5.94. The second-order valence-electron chi connectivity index (χ2n) is 9.01. The highest BCUT2D eigenvalue weighted by Crippen LogP contribution is 2.38. The van der Waals surface area contributed by atoms with E-state index in [4.69, 9.17) is 9.52 Å².